The van der Waals surface area contributed by atoms with Crippen LogP contribution in [0.25, 0.3) is 0 Å². The third-order valence-corrected chi connectivity index (χ3v) is 2.82. The number of pyridine rings is 1. The number of aromatic nitrogens is 1. The number of aromatic carboxylic acids is 1. The van der Waals surface area contributed by atoms with Crippen molar-refractivity contribution >= 4 is 17.7 Å². The monoisotopic (exact) mass is 285 g/mol. The van der Waals surface area contributed by atoms with Crippen molar-refractivity contribution in [1.82, 2.24) is 4.98 Å². The van der Waals surface area contributed by atoms with Crippen LogP contribution in [0.2, 0.25) is 0 Å². The molecule has 0 atom stereocenters. The minimum Gasteiger partial charge on any atom is -0.476 e. The lowest BCUT2D eigenvalue weighted by molar-refractivity contribution is 0.0599. The Balaban J connectivity index is 2.37. The van der Waals surface area contributed by atoms with Gasteiger partial charge in [-0.15, -0.1) is 0 Å². The molecule has 1 aromatic carbocycles. The molecule has 106 valence electrons. The number of esters is 1. The summed E-state index contributed by atoms with van der Waals surface area (Å²) in [5.74, 6) is -2.26. The number of carbonyl (C=O) groups is 3. The molecule has 21 heavy (non-hydrogen) atoms. The summed E-state index contributed by atoms with van der Waals surface area (Å²) in [7, 11) is 1.26. The van der Waals surface area contributed by atoms with Crippen LogP contribution in [0.15, 0.2) is 42.6 Å². The molecule has 0 spiro atoms. The number of rotatable bonds is 4. The van der Waals surface area contributed by atoms with E-state index in [-0.39, 0.29) is 16.8 Å². The van der Waals surface area contributed by atoms with E-state index in [1.54, 1.807) is 0 Å². The Kier molecular flexibility index (Phi) is 4.08. The maximum Gasteiger partial charge on any atom is 0.355 e. The summed E-state index contributed by atoms with van der Waals surface area (Å²) in [6, 6.07) is 8.64. The highest BCUT2D eigenvalue weighted by molar-refractivity contribution is 6.13. The van der Waals surface area contributed by atoms with Gasteiger partial charge in [0.1, 0.15) is 0 Å². The summed E-state index contributed by atoms with van der Waals surface area (Å²) in [4.78, 5) is 38.4. The molecular formula is C15H11NO5. The smallest absolute Gasteiger partial charge is 0.355 e. The quantitative estimate of drug-likeness (QED) is 0.680. The van der Waals surface area contributed by atoms with Crippen LogP contribution in [0.5, 0.6) is 0 Å². The molecule has 0 aliphatic rings. The lowest BCUT2D eigenvalue weighted by Crippen LogP contribution is -2.12. The first-order valence-electron chi connectivity index (χ1n) is 5.96. The SMILES string of the molecule is COC(=O)c1ccc(C(=O)c2cccnc2C(=O)O)cc1. The molecule has 6 nitrogen and oxygen atoms in total. The second-order valence-corrected chi connectivity index (χ2v) is 4.10. The average Bonchev–Trinajstić information content (AvgIpc) is 2.53. The van der Waals surface area contributed by atoms with Crippen LogP contribution in [-0.4, -0.2) is 34.9 Å². The molecule has 0 aliphatic carbocycles. The molecule has 0 saturated carbocycles. The number of nitrogens with zero attached hydrogens (tertiary/aromatic N) is 1. The number of ketones is 1. The van der Waals surface area contributed by atoms with Crippen molar-refractivity contribution in [2.45, 2.75) is 0 Å². The van der Waals surface area contributed by atoms with E-state index in [1.165, 1.54) is 49.7 Å². The van der Waals surface area contributed by atoms with Gasteiger partial charge in [0.15, 0.2) is 11.5 Å². The number of hydrogen-bond acceptors (Lipinski definition) is 5. The van der Waals surface area contributed by atoms with Crippen molar-refractivity contribution in [2.24, 2.45) is 0 Å². The second kappa shape index (κ2) is 5.96. The zero-order chi connectivity index (χ0) is 15.4. The topological polar surface area (TPSA) is 93.6 Å². The van der Waals surface area contributed by atoms with Crippen LogP contribution in [0.1, 0.15) is 36.8 Å². The number of benzene rings is 1. The molecule has 0 fully saturated rings. The molecule has 0 saturated heterocycles. The number of carboxylic acids is 1. The summed E-state index contributed by atoms with van der Waals surface area (Å²) in [5, 5.41) is 9.03. The van der Waals surface area contributed by atoms with E-state index in [0.717, 1.165) is 0 Å². The molecule has 0 amide bonds. The lowest BCUT2D eigenvalue weighted by atomic mass is 10.0. The summed E-state index contributed by atoms with van der Waals surface area (Å²) < 4.78 is 4.56. The van der Waals surface area contributed by atoms with Crippen molar-refractivity contribution in [2.75, 3.05) is 7.11 Å². The zero-order valence-corrected chi connectivity index (χ0v) is 11.1. The first kappa shape index (κ1) is 14.4. The van der Waals surface area contributed by atoms with Gasteiger partial charge < -0.3 is 9.84 Å². The number of ether oxygens (including phenoxy) is 1. The van der Waals surface area contributed by atoms with Crippen molar-refractivity contribution < 1.29 is 24.2 Å². The van der Waals surface area contributed by atoms with Crippen LogP contribution in [-0.2, 0) is 4.74 Å². The van der Waals surface area contributed by atoms with Gasteiger partial charge in [-0.05, 0) is 24.3 Å². The molecule has 2 rings (SSSR count). The van der Waals surface area contributed by atoms with Gasteiger partial charge in [0.25, 0.3) is 0 Å². The van der Waals surface area contributed by atoms with E-state index in [0.29, 0.717) is 5.56 Å². The van der Waals surface area contributed by atoms with Gasteiger partial charge in [-0.2, -0.15) is 0 Å². The van der Waals surface area contributed by atoms with Crippen LogP contribution >= 0.6 is 0 Å². The van der Waals surface area contributed by atoms with Gasteiger partial charge in [-0.25, -0.2) is 14.6 Å². The van der Waals surface area contributed by atoms with Crippen molar-refractivity contribution in [3.8, 4) is 0 Å². The van der Waals surface area contributed by atoms with E-state index in [4.69, 9.17) is 5.11 Å². The fraction of sp³-hybridized carbons (Fsp3) is 0.0667. The fourth-order valence-corrected chi connectivity index (χ4v) is 1.79. The van der Waals surface area contributed by atoms with Crippen molar-refractivity contribution in [3.63, 3.8) is 0 Å². The Morgan fingerprint density at radius 3 is 2.24 bits per heavy atom. The zero-order valence-electron chi connectivity index (χ0n) is 11.1. The second-order valence-electron chi connectivity index (χ2n) is 4.10. The van der Waals surface area contributed by atoms with E-state index in [2.05, 4.69) is 9.72 Å². The third-order valence-electron chi connectivity index (χ3n) is 2.82. The molecule has 0 radical (unpaired) electrons. The highest BCUT2D eigenvalue weighted by Gasteiger charge is 2.19. The molecule has 1 aromatic heterocycles. The molecular weight excluding hydrogens is 274 g/mol. The van der Waals surface area contributed by atoms with Gasteiger partial charge >= 0.3 is 11.9 Å². The minimum absolute atomic E-state index is 0.00387. The maximum absolute atomic E-state index is 12.3. The van der Waals surface area contributed by atoms with Gasteiger partial charge in [-0.1, -0.05) is 12.1 Å². The maximum atomic E-state index is 12.3. The van der Waals surface area contributed by atoms with Crippen LogP contribution < -0.4 is 0 Å². The first-order valence-corrected chi connectivity index (χ1v) is 5.96. The standard InChI is InChI=1S/C15H11NO5/c1-21-15(20)10-6-4-9(5-7-10)13(17)11-3-2-8-16-12(11)14(18)19/h2-8H,1H3,(H,18,19). The number of carbonyl (C=O) groups excluding carboxylic acids is 2. The first-order chi connectivity index (χ1) is 10.0. The van der Waals surface area contributed by atoms with Crippen molar-refractivity contribution in [3.05, 3.63) is 65.0 Å². The minimum atomic E-state index is -1.27. The summed E-state index contributed by atoms with van der Waals surface area (Å²) in [6.45, 7) is 0. The Bertz CT molecular complexity index is 706. The Morgan fingerprint density at radius 2 is 1.67 bits per heavy atom. The Morgan fingerprint density at radius 1 is 1.05 bits per heavy atom. The predicted octanol–water partition coefficient (Wildman–Crippen LogP) is 1.80. The molecule has 0 bridgehead atoms. The van der Waals surface area contributed by atoms with Crippen LogP contribution in [0.3, 0.4) is 0 Å². The van der Waals surface area contributed by atoms with E-state index in [9.17, 15) is 14.4 Å². The summed E-state index contributed by atoms with van der Waals surface area (Å²) in [6.07, 6.45) is 1.31. The highest BCUT2D eigenvalue weighted by Crippen LogP contribution is 2.14. The van der Waals surface area contributed by atoms with E-state index < -0.39 is 17.7 Å². The highest BCUT2D eigenvalue weighted by atomic mass is 16.5. The van der Waals surface area contributed by atoms with E-state index in [1.807, 2.05) is 0 Å². The summed E-state index contributed by atoms with van der Waals surface area (Å²) in [5.41, 5.74) is 0.257. The van der Waals surface area contributed by atoms with Gasteiger partial charge in [-0.3, -0.25) is 4.79 Å². The van der Waals surface area contributed by atoms with Crippen LogP contribution in [0.4, 0.5) is 0 Å². The van der Waals surface area contributed by atoms with Crippen LogP contribution in [0, 0.1) is 0 Å². The van der Waals surface area contributed by atoms with E-state index >= 15 is 0 Å². The predicted molar refractivity (Wildman–Crippen MR) is 72.4 cm³/mol. The van der Waals surface area contributed by atoms with Crippen molar-refractivity contribution in [1.29, 1.82) is 0 Å². The van der Waals surface area contributed by atoms with Gasteiger partial charge in [0.2, 0.25) is 0 Å². The normalized spacial score (nSPS) is 9.95. The Hall–Kier alpha value is -3.02. The lowest BCUT2D eigenvalue weighted by Gasteiger charge is -2.05. The van der Waals surface area contributed by atoms with Gasteiger partial charge in [0, 0.05) is 11.8 Å². The molecule has 2 aromatic rings. The van der Waals surface area contributed by atoms with Gasteiger partial charge in [0.05, 0.1) is 18.2 Å². The summed E-state index contributed by atoms with van der Waals surface area (Å²) >= 11 is 0. The molecule has 1 heterocycles. The molecule has 1 N–H and O–H groups in total. The number of carboxylic acid groups (broad SMARTS) is 1. The third kappa shape index (κ3) is 2.94. The number of hydrogen-bond donors (Lipinski definition) is 1. The number of methoxy groups -OCH3 is 1. The molecule has 0 unspecified atom stereocenters. The Labute approximate surface area is 120 Å². The molecule has 0 aliphatic heterocycles. The molecule has 6 heteroatoms. The largest absolute Gasteiger partial charge is 0.476 e. The average molecular weight is 285 g/mol. The fourth-order valence-electron chi connectivity index (χ4n) is 1.79.